The molecule has 2 atom stereocenters. The van der Waals surface area contributed by atoms with Gasteiger partial charge in [-0.25, -0.2) is 9.78 Å². The van der Waals surface area contributed by atoms with Crippen LogP contribution in [0.25, 0.3) is 21.9 Å². The lowest BCUT2D eigenvalue weighted by Gasteiger charge is -2.37. The standard InChI is InChI=1S/C26H31ClN4O4/c1-16-5-6-28-13-20(16)17-9-18-11-23(29-14-21(18)22(27)10-17)30-24(32)12-19-15-34-8-7-31(19)25(33)35-26(2,3)4/h5-6,9-11,13-14,19,24,32H,7-8,12,15H2,1-4H3,(H,29,30). The summed E-state index contributed by atoms with van der Waals surface area (Å²) in [6, 6.07) is 7.42. The maximum absolute atomic E-state index is 12.6. The Labute approximate surface area is 210 Å². The van der Waals surface area contributed by atoms with Crippen molar-refractivity contribution in [2.75, 3.05) is 25.1 Å². The summed E-state index contributed by atoms with van der Waals surface area (Å²) in [4.78, 5) is 22.9. The van der Waals surface area contributed by atoms with Crippen molar-refractivity contribution in [3.8, 4) is 11.1 Å². The first-order valence-electron chi connectivity index (χ1n) is 11.6. The topological polar surface area (TPSA) is 96.8 Å². The van der Waals surface area contributed by atoms with E-state index in [-0.39, 0.29) is 12.5 Å². The molecule has 9 heteroatoms. The van der Waals surface area contributed by atoms with Crippen LogP contribution in [0.15, 0.2) is 42.9 Å². The van der Waals surface area contributed by atoms with Crippen LogP contribution in [-0.4, -0.2) is 63.7 Å². The molecule has 0 aliphatic carbocycles. The van der Waals surface area contributed by atoms with Crippen LogP contribution in [0.4, 0.5) is 10.6 Å². The number of hydrogen-bond acceptors (Lipinski definition) is 7. The fourth-order valence-corrected chi connectivity index (χ4v) is 4.39. The van der Waals surface area contributed by atoms with E-state index in [4.69, 9.17) is 21.1 Å². The van der Waals surface area contributed by atoms with Crippen molar-refractivity contribution in [2.24, 2.45) is 0 Å². The van der Waals surface area contributed by atoms with Gasteiger partial charge in [-0.15, -0.1) is 0 Å². The number of nitrogens with one attached hydrogen (secondary N) is 1. The summed E-state index contributed by atoms with van der Waals surface area (Å²) >= 11 is 6.55. The number of aryl methyl sites for hydroxylation is 1. The summed E-state index contributed by atoms with van der Waals surface area (Å²) in [6.07, 6.45) is 4.17. The van der Waals surface area contributed by atoms with Crippen molar-refractivity contribution < 1.29 is 19.4 Å². The molecule has 1 fully saturated rings. The minimum atomic E-state index is -0.948. The largest absolute Gasteiger partial charge is 0.444 e. The number of nitrogens with zero attached hydrogens (tertiary/aromatic N) is 3. The highest BCUT2D eigenvalue weighted by atomic mass is 35.5. The molecule has 4 rings (SSSR count). The monoisotopic (exact) mass is 498 g/mol. The van der Waals surface area contributed by atoms with Crippen LogP contribution in [0.3, 0.4) is 0 Å². The van der Waals surface area contributed by atoms with Crippen molar-refractivity contribution in [3.05, 3.63) is 53.4 Å². The normalized spacial score (nSPS) is 17.3. The van der Waals surface area contributed by atoms with Crippen LogP contribution in [0.2, 0.25) is 5.02 Å². The molecule has 186 valence electrons. The number of aliphatic hydroxyl groups excluding tert-OH is 1. The number of amides is 1. The van der Waals surface area contributed by atoms with E-state index in [1.807, 2.05) is 58.2 Å². The van der Waals surface area contributed by atoms with Gasteiger partial charge in [-0.1, -0.05) is 11.6 Å². The van der Waals surface area contributed by atoms with E-state index >= 15 is 0 Å². The van der Waals surface area contributed by atoms with Crippen LogP contribution >= 0.6 is 11.6 Å². The van der Waals surface area contributed by atoms with Crippen LogP contribution < -0.4 is 5.32 Å². The molecule has 8 nitrogen and oxygen atoms in total. The molecule has 2 aromatic heterocycles. The Hall–Kier alpha value is -2.94. The van der Waals surface area contributed by atoms with Crippen molar-refractivity contribution in [1.82, 2.24) is 14.9 Å². The van der Waals surface area contributed by atoms with Gasteiger partial charge in [0.15, 0.2) is 0 Å². The number of carbonyl (C=O) groups is 1. The first kappa shape index (κ1) is 25.2. The molecule has 0 spiro atoms. The fourth-order valence-electron chi connectivity index (χ4n) is 4.11. The van der Waals surface area contributed by atoms with Crippen molar-refractivity contribution >= 4 is 34.3 Å². The van der Waals surface area contributed by atoms with E-state index in [9.17, 15) is 9.90 Å². The summed E-state index contributed by atoms with van der Waals surface area (Å²) in [5.41, 5.74) is 2.46. The van der Waals surface area contributed by atoms with Gasteiger partial charge in [0.25, 0.3) is 0 Å². The molecule has 35 heavy (non-hydrogen) atoms. The second kappa shape index (κ2) is 10.4. The zero-order chi connectivity index (χ0) is 25.2. The van der Waals surface area contributed by atoms with Crippen molar-refractivity contribution in [3.63, 3.8) is 0 Å². The Morgan fingerprint density at radius 3 is 2.89 bits per heavy atom. The number of fused-ring (bicyclic) bond motifs is 1. The number of anilines is 1. The number of hydrogen-bond donors (Lipinski definition) is 2. The van der Waals surface area contributed by atoms with E-state index in [1.54, 1.807) is 17.3 Å². The minimum absolute atomic E-state index is 0.259. The molecule has 1 aromatic carbocycles. The molecule has 1 aliphatic rings. The molecule has 1 amide bonds. The zero-order valence-electron chi connectivity index (χ0n) is 20.4. The van der Waals surface area contributed by atoms with Crippen LogP contribution in [0.1, 0.15) is 32.8 Å². The highest BCUT2D eigenvalue weighted by Gasteiger charge is 2.32. The lowest BCUT2D eigenvalue weighted by molar-refractivity contribution is -0.0410. The van der Waals surface area contributed by atoms with Gasteiger partial charge in [-0.05, 0) is 68.5 Å². The van der Waals surface area contributed by atoms with E-state index in [1.165, 1.54) is 0 Å². The predicted molar refractivity (Wildman–Crippen MR) is 137 cm³/mol. The Bertz CT molecular complexity index is 1210. The Kier molecular flexibility index (Phi) is 7.44. The Balaban J connectivity index is 1.50. The number of aliphatic hydroxyl groups is 1. The number of rotatable bonds is 5. The number of halogens is 1. The van der Waals surface area contributed by atoms with Gasteiger partial charge in [-0.2, -0.15) is 0 Å². The number of pyridine rings is 2. The second-order valence-electron chi connectivity index (χ2n) is 9.74. The van der Waals surface area contributed by atoms with Gasteiger partial charge >= 0.3 is 6.09 Å². The van der Waals surface area contributed by atoms with E-state index in [0.717, 1.165) is 27.5 Å². The number of benzene rings is 1. The Morgan fingerprint density at radius 1 is 1.34 bits per heavy atom. The molecule has 1 saturated heterocycles. The average Bonchev–Trinajstić information content (AvgIpc) is 2.78. The molecule has 3 aromatic rings. The van der Waals surface area contributed by atoms with E-state index < -0.39 is 17.9 Å². The van der Waals surface area contributed by atoms with E-state index in [2.05, 4.69) is 15.3 Å². The SMILES string of the molecule is Cc1ccncc1-c1cc(Cl)c2cnc(NC(O)CC3COCCN3C(=O)OC(C)(C)C)cc2c1. The van der Waals surface area contributed by atoms with Gasteiger partial charge in [0.05, 0.1) is 24.3 Å². The molecule has 1 aliphatic heterocycles. The fraction of sp³-hybridized carbons (Fsp3) is 0.423. The number of morpholine rings is 1. The molecular formula is C26H31ClN4O4. The lowest BCUT2D eigenvalue weighted by Crippen LogP contribution is -2.52. The molecule has 2 unspecified atom stereocenters. The summed E-state index contributed by atoms with van der Waals surface area (Å²) in [6.45, 7) is 8.69. The number of carbonyl (C=O) groups excluding carboxylic acids is 1. The first-order valence-corrected chi connectivity index (χ1v) is 12.0. The molecule has 0 saturated carbocycles. The summed E-state index contributed by atoms with van der Waals surface area (Å²) in [5.74, 6) is 0.502. The number of ether oxygens (including phenoxy) is 2. The van der Waals surface area contributed by atoms with Crippen LogP contribution in [0, 0.1) is 6.92 Å². The van der Waals surface area contributed by atoms with Gasteiger partial charge < -0.3 is 24.8 Å². The average molecular weight is 499 g/mol. The van der Waals surface area contributed by atoms with Gasteiger partial charge in [-0.3, -0.25) is 4.98 Å². The van der Waals surface area contributed by atoms with Crippen molar-refractivity contribution in [2.45, 2.75) is 52.0 Å². The smallest absolute Gasteiger partial charge is 0.410 e. The second-order valence-corrected chi connectivity index (χ2v) is 10.1. The minimum Gasteiger partial charge on any atom is -0.444 e. The molecule has 0 radical (unpaired) electrons. The maximum atomic E-state index is 12.6. The van der Waals surface area contributed by atoms with Crippen LogP contribution in [-0.2, 0) is 9.47 Å². The maximum Gasteiger partial charge on any atom is 0.410 e. The lowest BCUT2D eigenvalue weighted by atomic mass is 10.0. The van der Waals surface area contributed by atoms with Crippen LogP contribution in [0.5, 0.6) is 0 Å². The highest BCUT2D eigenvalue weighted by Crippen LogP contribution is 2.32. The summed E-state index contributed by atoms with van der Waals surface area (Å²) in [5, 5.41) is 16.1. The highest BCUT2D eigenvalue weighted by molar-refractivity contribution is 6.36. The Morgan fingerprint density at radius 2 is 2.14 bits per heavy atom. The molecule has 2 N–H and O–H groups in total. The number of aromatic nitrogens is 2. The quantitative estimate of drug-likeness (QED) is 0.477. The predicted octanol–water partition coefficient (Wildman–Crippen LogP) is 5.01. The molecule has 3 heterocycles. The summed E-state index contributed by atoms with van der Waals surface area (Å²) in [7, 11) is 0. The molecular weight excluding hydrogens is 468 g/mol. The van der Waals surface area contributed by atoms with Gasteiger partial charge in [0.1, 0.15) is 17.6 Å². The van der Waals surface area contributed by atoms with E-state index in [0.29, 0.717) is 30.6 Å². The summed E-state index contributed by atoms with van der Waals surface area (Å²) < 4.78 is 11.1. The van der Waals surface area contributed by atoms with Crippen molar-refractivity contribution in [1.29, 1.82) is 0 Å². The third-order valence-corrected chi connectivity index (χ3v) is 6.11. The van der Waals surface area contributed by atoms with Gasteiger partial charge in [0.2, 0.25) is 0 Å². The third-order valence-electron chi connectivity index (χ3n) is 5.80. The van der Waals surface area contributed by atoms with Gasteiger partial charge in [0, 0.05) is 42.5 Å². The zero-order valence-corrected chi connectivity index (χ0v) is 21.2. The first-order chi connectivity index (χ1) is 16.6. The third kappa shape index (κ3) is 6.20. The molecule has 0 bridgehead atoms.